The van der Waals surface area contributed by atoms with E-state index in [9.17, 15) is 34.8 Å². The van der Waals surface area contributed by atoms with Crippen LogP contribution in [0, 0.1) is 53.3 Å². The molecular weight excluding hydrogens is 1860 g/mol. The summed E-state index contributed by atoms with van der Waals surface area (Å²) in [4.78, 5) is 74.3. The highest BCUT2D eigenvalue weighted by Crippen LogP contribution is 2.38. The molecule has 0 saturated carbocycles. The Morgan fingerprint density at radius 2 is 0.530 bits per heavy atom. The van der Waals surface area contributed by atoms with Crippen molar-refractivity contribution in [3.8, 4) is 0 Å². The van der Waals surface area contributed by atoms with Gasteiger partial charge in [0.15, 0.2) is 24.4 Å². The number of carbonyl (C=O) groups excluding carboxylic acids is 5. The molecule has 17 heteroatoms. The minimum atomic E-state index is -1.94. The monoisotopic (exact) mass is 2100 g/mol. The van der Waals surface area contributed by atoms with Gasteiger partial charge in [0.05, 0.1) is 18.6 Å². The van der Waals surface area contributed by atoms with E-state index < -0.39 is 116 Å². The molecule has 876 valence electrons. The third-order valence-electron chi connectivity index (χ3n) is 32.9. The van der Waals surface area contributed by atoms with Gasteiger partial charge in [-0.25, -0.2) is 14.4 Å². The summed E-state index contributed by atoms with van der Waals surface area (Å²) in [7, 11) is 0. The maximum Gasteiger partial charge on any atom is 0.333 e. The zero-order valence-electron chi connectivity index (χ0n) is 101. The van der Waals surface area contributed by atoms with E-state index in [0.29, 0.717) is 36.2 Å². The Kier molecular flexibility index (Phi) is 91.5. The molecule has 0 bridgehead atoms. The van der Waals surface area contributed by atoms with E-state index in [1.807, 2.05) is 25.2 Å². The Bertz CT molecular complexity index is 3210. The maximum absolute atomic E-state index is 15.2. The van der Waals surface area contributed by atoms with E-state index in [4.69, 9.17) is 37.9 Å². The Balaban J connectivity index is 2.72. The standard InChI is InChI=1S/C132H246O17/c1-18-23-28-33-38-43-48-53-58-60-64-69-74-79-84-89-94-108(9)99-112(13)120(135)116(17)130(141)147-124-121(136)118(104-142-127(138)113(14)100-109(10)96-105(6)91-86-81-76-71-66-61-55-50-45-40-35-30-25-20-3)144-132(126(124)145-119(134)95-90-85-80-75-70-65-59-54-49-44-39-34-29-24-19-2)149-131-125(148-129(140)115(16)102-111(12)98-107(8)93-88-83-78-73-68-63-57-52-47-42-37-32-27-22-5)122(137)123(117(103-133)143-131)146-128(139)114(15)101-110(11)97-106(7)92-87-82-77-72-67-62-56-51-46-41-36-31-26-21-4/h100-102,105-112,116-118,120-126,131-133,135-137H,18-99,103-104H2,1-17H3/b113-100+,114-101+,115-102+/t105-,106-,107-,108-,109-,110-,111-,112-,116-,117?,118?,120-,121+,122?,123+,124?,125-,126+,131+,132+/m0/s1. The number of rotatable bonds is 104. The first-order valence-electron chi connectivity index (χ1n) is 64.8. The molecule has 0 radical (unpaired) electrons. The molecule has 0 aromatic heterocycles. The Labute approximate surface area is 919 Å². The second kappa shape index (κ2) is 96.4. The van der Waals surface area contributed by atoms with Gasteiger partial charge in [-0.3, -0.25) is 9.59 Å². The topological polar surface area (TPSA) is 240 Å². The summed E-state index contributed by atoms with van der Waals surface area (Å²) < 4.78 is 52.2. The second-order valence-corrected chi connectivity index (χ2v) is 48.6. The van der Waals surface area contributed by atoms with Crippen LogP contribution in [0.4, 0.5) is 0 Å². The van der Waals surface area contributed by atoms with Crippen LogP contribution < -0.4 is 0 Å². The molecule has 2 saturated heterocycles. The highest BCUT2D eigenvalue weighted by Gasteiger charge is 2.56. The molecule has 2 rings (SSSR count). The number of aliphatic hydroxyl groups is 4. The van der Waals surface area contributed by atoms with Crippen molar-refractivity contribution in [2.75, 3.05) is 13.2 Å². The molecular formula is C132H246O17. The first-order chi connectivity index (χ1) is 72.2. The summed E-state index contributed by atoms with van der Waals surface area (Å²) in [6.07, 6.45) is 86.1. The summed E-state index contributed by atoms with van der Waals surface area (Å²) in [6.45, 7) is 33.7. The number of hydrogen-bond donors (Lipinski definition) is 4. The summed E-state index contributed by atoms with van der Waals surface area (Å²) >= 11 is 0. The first kappa shape index (κ1) is 141. The number of hydrogen-bond acceptors (Lipinski definition) is 17. The van der Waals surface area contributed by atoms with Crippen LogP contribution in [0.1, 0.15) is 644 Å². The smallest absolute Gasteiger partial charge is 0.333 e. The van der Waals surface area contributed by atoms with Crippen LogP contribution in [0.25, 0.3) is 0 Å². The van der Waals surface area contributed by atoms with Crippen molar-refractivity contribution in [2.45, 2.75) is 712 Å². The molecule has 2 fully saturated rings. The average molecular weight is 2110 g/mol. The Morgan fingerprint density at radius 1 is 0.282 bits per heavy atom. The quantitative estimate of drug-likeness (QED) is 0.0192. The van der Waals surface area contributed by atoms with Crippen LogP contribution in [0.15, 0.2) is 34.9 Å². The molecule has 0 aromatic rings. The summed E-state index contributed by atoms with van der Waals surface area (Å²) in [5.41, 5.74) is 0.861. The van der Waals surface area contributed by atoms with Crippen LogP contribution in [0.2, 0.25) is 0 Å². The fourth-order valence-corrected chi connectivity index (χ4v) is 23.3. The minimum Gasteiger partial charge on any atom is -0.459 e. The van der Waals surface area contributed by atoms with Gasteiger partial charge in [-0.2, -0.15) is 0 Å². The molecule has 0 spiro atoms. The molecule has 4 N–H and O–H groups in total. The molecule has 0 aromatic carbocycles. The van der Waals surface area contributed by atoms with Crippen LogP contribution >= 0.6 is 0 Å². The van der Waals surface area contributed by atoms with Gasteiger partial charge in [0, 0.05) is 23.1 Å². The normalized spacial score (nSPS) is 20.4. The van der Waals surface area contributed by atoms with Crippen molar-refractivity contribution in [3.05, 3.63) is 34.9 Å². The molecule has 0 amide bonds. The van der Waals surface area contributed by atoms with Crippen LogP contribution in [-0.2, 0) is 61.9 Å². The van der Waals surface area contributed by atoms with E-state index in [-0.39, 0.29) is 47.2 Å². The van der Waals surface area contributed by atoms with Crippen molar-refractivity contribution in [1.82, 2.24) is 0 Å². The van der Waals surface area contributed by atoms with Gasteiger partial charge in [0.1, 0.15) is 31.0 Å². The number of carbonyl (C=O) groups is 5. The molecule has 17 nitrogen and oxygen atoms in total. The van der Waals surface area contributed by atoms with Gasteiger partial charge < -0.3 is 58.3 Å². The number of esters is 5. The van der Waals surface area contributed by atoms with E-state index in [2.05, 4.69) is 83.1 Å². The Hall–Kier alpha value is -3.71. The van der Waals surface area contributed by atoms with Crippen molar-refractivity contribution in [3.63, 3.8) is 0 Å². The fraction of sp³-hybridized carbons (Fsp3) is 0.917. The SMILES string of the molecule is CCCCCCCCCCCCCCCCCC[C@H](C)C[C@H](C)[C@H](O)[C@H](C)C(=O)OC1[C@H](O)C(COC(=O)/C(C)=C/[C@@H](C)C[C@@H](C)CCCCCCCCCCCCCCCC)O[C@H](O[C@H]2OC(CO)[C@@H](OC(=O)/C(C)=C/[C@@H](C)C[C@@H](C)CCCCCCCCCCCCCCCC)C(O)[C@@H]2OC(=O)/C(C)=C/[C@@H](C)C[C@@H](C)CCCCCCCCCCCCCCCC)[C@@H]1OC(=O)CCCCCCCCCCCCCCCCC. The zero-order chi connectivity index (χ0) is 109. The third kappa shape index (κ3) is 74.3. The molecule has 4 unspecified atom stereocenters. The second-order valence-electron chi connectivity index (χ2n) is 48.6. The molecule has 0 aliphatic carbocycles. The van der Waals surface area contributed by atoms with Crippen molar-refractivity contribution < 1.29 is 82.3 Å². The lowest BCUT2D eigenvalue weighted by Gasteiger charge is -2.47. The fourth-order valence-electron chi connectivity index (χ4n) is 23.3. The van der Waals surface area contributed by atoms with Crippen molar-refractivity contribution in [2.24, 2.45) is 53.3 Å². The number of aliphatic hydroxyl groups excluding tert-OH is 4. The van der Waals surface area contributed by atoms with E-state index in [1.54, 1.807) is 27.7 Å². The van der Waals surface area contributed by atoms with Gasteiger partial charge in [0.25, 0.3) is 0 Å². The molecule has 2 heterocycles. The highest BCUT2D eigenvalue weighted by molar-refractivity contribution is 5.89. The minimum absolute atomic E-state index is 0.0121. The van der Waals surface area contributed by atoms with Gasteiger partial charge in [-0.15, -0.1) is 0 Å². The molecule has 2 aliphatic heterocycles. The lowest BCUT2D eigenvalue weighted by Crippen LogP contribution is -2.66. The van der Waals surface area contributed by atoms with Crippen LogP contribution in [0.5, 0.6) is 0 Å². The van der Waals surface area contributed by atoms with E-state index in [0.717, 1.165) is 109 Å². The number of unbranched alkanes of at least 4 members (excludes halogenated alkanes) is 68. The summed E-state index contributed by atoms with van der Waals surface area (Å²) in [6, 6.07) is 0. The van der Waals surface area contributed by atoms with E-state index >= 15 is 9.59 Å². The summed E-state index contributed by atoms with van der Waals surface area (Å²) in [5.74, 6) is -4.06. The van der Waals surface area contributed by atoms with Gasteiger partial charge >= 0.3 is 29.8 Å². The number of allylic oxidation sites excluding steroid dienone is 3. The molecule has 149 heavy (non-hydrogen) atoms. The molecule has 20 atom stereocenters. The lowest BCUT2D eigenvalue weighted by atomic mass is 9.85. The van der Waals surface area contributed by atoms with Gasteiger partial charge in [-0.1, -0.05) is 596 Å². The van der Waals surface area contributed by atoms with Crippen LogP contribution in [0.3, 0.4) is 0 Å². The van der Waals surface area contributed by atoms with Gasteiger partial charge in [0.2, 0.25) is 12.6 Å². The average Bonchev–Trinajstić information content (AvgIpc) is 0.778. The highest BCUT2D eigenvalue weighted by atomic mass is 16.8. The van der Waals surface area contributed by atoms with Crippen LogP contribution in [-0.4, -0.2) is 131 Å². The third-order valence-corrected chi connectivity index (χ3v) is 32.9. The van der Waals surface area contributed by atoms with E-state index in [1.165, 1.54) is 398 Å². The predicted molar refractivity (Wildman–Crippen MR) is 625 cm³/mol. The zero-order valence-corrected chi connectivity index (χ0v) is 101. The van der Waals surface area contributed by atoms with Crippen molar-refractivity contribution in [1.29, 1.82) is 0 Å². The Morgan fingerprint density at radius 3 is 0.819 bits per heavy atom. The summed E-state index contributed by atoms with van der Waals surface area (Å²) in [5, 5.41) is 49.9. The van der Waals surface area contributed by atoms with Gasteiger partial charge in [-0.05, 0) is 107 Å². The van der Waals surface area contributed by atoms with Crippen molar-refractivity contribution >= 4 is 29.8 Å². The first-order valence-corrected chi connectivity index (χ1v) is 64.8. The predicted octanol–water partition coefficient (Wildman–Crippen LogP) is 37.4. The largest absolute Gasteiger partial charge is 0.459 e. The molecule has 2 aliphatic rings. The lowest BCUT2D eigenvalue weighted by molar-refractivity contribution is -0.377. The maximum atomic E-state index is 15.2. The number of ether oxygens (including phenoxy) is 8.